The van der Waals surface area contributed by atoms with E-state index in [2.05, 4.69) is 30.8 Å². The second kappa shape index (κ2) is 22.5. The molecule has 3 N–H and O–H groups in total. The predicted molar refractivity (Wildman–Crippen MR) is 297 cm³/mol. The Morgan fingerprint density at radius 1 is 0.951 bits per heavy atom. The smallest absolute Gasteiger partial charge is 0.406 e. The molecule has 6 saturated heterocycles. The van der Waals surface area contributed by atoms with Gasteiger partial charge in [-0.15, -0.1) is 0 Å². The van der Waals surface area contributed by atoms with E-state index in [1.54, 1.807) is 19.4 Å². The van der Waals surface area contributed by atoms with E-state index >= 15 is 22.8 Å². The van der Waals surface area contributed by atoms with Crippen molar-refractivity contribution < 1.29 is 51.3 Å². The Balaban J connectivity index is 0.929. The number of amides is 3. The van der Waals surface area contributed by atoms with Gasteiger partial charge >= 0.3 is 12.1 Å². The van der Waals surface area contributed by atoms with Gasteiger partial charge in [-0.1, -0.05) is 57.0 Å². The third kappa shape index (κ3) is 11.7. The average molecular weight is 1120 g/mol. The zero-order valence-corrected chi connectivity index (χ0v) is 47.0. The number of fused-ring (bicyclic) bond motifs is 7. The lowest BCUT2D eigenvalue weighted by Crippen LogP contribution is -2.73. The van der Waals surface area contributed by atoms with Crippen molar-refractivity contribution >= 4 is 40.3 Å². The van der Waals surface area contributed by atoms with E-state index in [9.17, 15) is 9.59 Å². The maximum absolute atomic E-state index is 15.3. The average Bonchev–Trinajstić information content (AvgIpc) is 3.57. The molecule has 7 fully saturated rings. The Morgan fingerprint density at radius 2 is 1.75 bits per heavy atom. The van der Waals surface area contributed by atoms with Crippen LogP contribution in [0.4, 0.5) is 18.9 Å². The van der Waals surface area contributed by atoms with Crippen LogP contribution in [0.25, 0.3) is 33.3 Å². The van der Waals surface area contributed by atoms with Gasteiger partial charge in [0.1, 0.15) is 24.2 Å². The van der Waals surface area contributed by atoms with E-state index in [4.69, 9.17) is 23.9 Å². The van der Waals surface area contributed by atoms with Crippen molar-refractivity contribution in [3.63, 3.8) is 0 Å². The highest BCUT2D eigenvalue weighted by Crippen LogP contribution is 2.45. The second-order valence-electron chi connectivity index (χ2n) is 24.9. The molecule has 8 aliphatic rings. The van der Waals surface area contributed by atoms with Crippen LogP contribution in [0.15, 0.2) is 54.7 Å². The van der Waals surface area contributed by atoms with Gasteiger partial charge < -0.3 is 43.9 Å². The Bertz CT molecular complexity index is 3030. The summed E-state index contributed by atoms with van der Waals surface area (Å²) < 4.78 is 71.5. The lowest BCUT2D eigenvalue weighted by Gasteiger charge is -2.55. The molecule has 1 spiro atoms. The molecule has 21 heteroatoms. The molecule has 4 aromatic rings. The fraction of sp³-hybridized carbons (Fsp3) is 0.617. The number of benzene rings is 2. The molecule has 0 radical (unpaired) electrons. The molecule has 1 saturated carbocycles. The molecule has 12 rings (SSSR count). The second-order valence-corrected chi connectivity index (χ2v) is 24.9. The third-order valence-electron chi connectivity index (χ3n) is 18.3. The Kier molecular flexibility index (Phi) is 15.5. The van der Waals surface area contributed by atoms with Gasteiger partial charge in [0.15, 0.2) is 0 Å². The molecule has 2 aromatic heterocycles. The van der Waals surface area contributed by atoms with Crippen molar-refractivity contribution in [3.05, 3.63) is 71.5 Å². The number of halogens is 3. The number of hydrazine groups is 1. The first-order valence-corrected chi connectivity index (χ1v) is 29.3. The lowest BCUT2D eigenvalue weighted by molar-refractivity contribution is -0.197. The minimum atomic E-state index is -4.61. The van der Waals surface area contributed by atoms with Gasteiger partial charge in [-0.3, -0.25) is 39.0 Å². The van der Waals surface area contributed by atoms with Crippen molar-refractivity contribution in [1.29, 1.82) is 0 Å². The number of piperazine rings is 1. The first-order valence-electron chi connectivity index (χ1n) is 29.3. The normalized spacial score (nSPS) is 26.4. The minimum Gasteiger partial charge on any atom is -0.464 e. The van der Waals surface area contributed by atoms with E-state index in [-0.39, 0.29) is 55.2 Å². The Morgan fingerprint density at radius 3 is 2.53 bits per heavy atom. The van der Waals surface area contributed by atoms with Gasteiger partial charge in [0.2, 0.25) is 11.8 Å². The summed E-state index contributed by atoms with van der Waals surface area (Å²) in [6.45, 7) is 12.0. The molecule has 1 unspecified atom stereocenters. The number of morpholine rings is 2. The van der Waals surface area contributed by atoms with Gasteiger partial charge in [-0.05, 0) is 85.4 Å². The molecule has 6 bridgehead atoms. The lowest BCUT2D eigenvalue weighted by atomic mass is 9.84. The summed E-state index contributed by atoms with van der Waals surface area (Å²) in [7, 11) is 1.57. The number of likely N-dealkylation sites (tertiary alicyclic amines) is 1. The Hall–Kier alpha value is -5.68. The minimum absolute atomic E-state index is 0.0530. The van der Waals surface area contributed by atoms with Crippen LogP contribution in [-0.4, -0.2) is 194 Å². The van der Waals surface area contributed by atoms with Crippen molar-refractivity contribution in [2.75, 3.05) is 104 Å². The third-order valence-corrected chi connectivity index (χ3v) is 18.3. The number of nitrogens with one attached hydrogen (secondary N) is 3. The molecular formula is C60H77F3N10O8. The number of ether oxygens (including phenoxy) is 4. The van der Waals surface area contributed by atoms with Crippen LogP contribution >= 0.6 is 0 Å². The summed E-state index contributed by atoms with van der Waals surface area (Å²) in [5, 5.41) is 8.44. The number of cyclic esters (lactones) is 1. The number of hydrogen-bond donors (Lipinski definition) is 3. The SMILES string of the molecule is CO[C@@H](C)c1ncc(N2CCN3CCOC[C@@H]3C2)cc1-c1c2c3cc(ccc3n1CC(F)(F)F)-c1cccc(c1)C[C@H](NC(=O)C(C1CCCC1)N1CCOC3(CN(C(=O)[C@H]4CN4)C3)C1)C(=O)N1CCC[C@H](N1)C(=O)OCC(C)(C)C2. The standard InChI is InChI=1S/C60H77F3N10O8/c1-37(78-4)51-45(26-42(28-65-51)69-18-17-68-19-21-79-31-43(68)30-69)53-46-27-58(2,3)36-80-57(77)47-13-8-16-73(67-47)56(76)48(24-38-9-7-12-40(23-38)41-14-15-50(44(46)25-41)72(53)35-60(61,62)63)66-54(74)52(39-10-5-6-11-39)70-20-22-81-59(32-70)33-71(34-59)55(75)49-29-64-49/h7,9,12,14-15,23,25-26,28,37,39,43,47-49,52,64,67H,5-6,8,10-11,13,16-22,24,27,29-36H2,1-4H3,(H,66,74)/t37-,43-,47-,48-,49+,52?/m0/s1. The molecule has 9 heterocycles. The molecule has 81 heavy (non-hydrogen) atoms. The molecule has 7 aliphatic heterocycles. The molecule has 436 valence electrons. The summed E-state index contributed by atoms with van der Waals surface area (Å²) >= 11 is 0. The van der Waals surface area contributed by atoms with Crippen LogP contribution in [0, 0.1) is 11.3 Å². The number of rotatable bonds is 10. The quantitative estimate of drug-likeness (QED) is 0.138. The highest BCUT2D eigenvalue weighted by atomic mass is 19.4. The van der Waals surface area contributed by atoms with Crippen molar-refractivity contribution in [1.82, 2.24) is 45.3 Å². The van der Waals surface area contributed by atoms with Gasteiger partial charge in [-0.25, -0.2) is 5.43 Å². The van der Waals surface area contributed by atoms with Crippen molar-refractivity contribution in [3.8, 4) is 22.4 Å². The number of carbonyl (C=O) groups is 4. The van der Waals surface area contributed by atoms with Gasteiger partial charge in [0, 0.05) is 87.8 Å². The van der Waals surface area contributed by atoms with Gasteiger partial charge in [-0.2, -0.15) is 13.2 Å². The highest BCUT2D eigenvalue weighted by molar-refractivity contribution is 5.96. The van der Waals surface area contributed by atoms with E-state index in [0.29, 0.717) is 118 Å². The Labute approximate surface area is 471 Å². The number of aromatic nitrogens is 2. The monoisotopic (exact) mass is 1120 g/mol. The molecule has 3 amide bonds. The summed E-state index contributed by atoms with van der Waals surface area (Å²) in [5.41, 5.74) is 7.30. The van der Waals surface area contributed by atoms with Crippen LogP contribution in [0.1, 0.15) is 82.2 Å². The number of nitrogens with zero attached hydrogens (tertiary/aromatic N) is 7. The summed E-state index contributed by atoms with van der Waals surface area (Å²) in [6.07, 6.45) is 1.56. The zero-order valence-electron chi connectivity index (χ0n) is 47.0. The number of carbonyl (C=O) groups excluding carboxylic acids is 4. The van der Waals surface area contributed by atoms with Crippen LogP contribution in [0.5, 0.6) is 0 Å². The van der Waals surface area contributed by atoms with E-state index in [1.807, 2.05) is 68.1 Å². The maximum atomic E-state index is 15.3. The predicted octanol–water partition coefficient (Wildman–Crippen LogP) is 5.25. The van der Waals surface area contributed by atoms with Crippen molar-refractivity contribution in [2.45, 2.75) is 127 Å². The molecular weight excluding hydrogens is 1050 g/mol. The van der Waals surface area contributed by atoms with Crippen LogP contribution in [0.2, 0.25) is 0 Å². The molecule has 18 nitrogen and oxygen atoms in total. The fourth-order valence-corrected chi connectivity index (χ4v) is 14.0. The molecule has 6 atom stereocenters. The number of hydrogen-bond acceptors (Lipinski definition) is 14. The number of esters is 1. The fourth-order valence-electron chi connectivity index (χ4n) is 14.0. The molecule has 2 aromatic carbocycles. The largest absolute Gasteiger partial charge is 0.464 e. The summed E-state index contributed by atoms with van der Waals surface area (Å²) in [4.78, 5) is 71.2. The highest BCUT2D eigenvalue weighted by Gasteiger charge is 2.53. The zero-order chi connectivity index (χ0) is 56.4. The first-order chi connectivity index (χ1) is 38.9. The number of anilines is 1. The van der Waals surface area contributed by atoms with Gasteiger partial charge in [0.25, 0.3) is 5.91 Å². The first kappa shape index (κ1) is 55.8. The number of pyridine rings is 1. The van der Waals surface area contributed by atoms with E-state index < -0.39 is 53.9 Å². The van der Waals surface area contributed by atoms with Crippen LogP contribution in [0.3, 0.4) is 0 Å². The van der Waals surface area contributed by atoms with Gasteiger partial charge in [0.05, 0.1) is 87.0 Å². The number of methoxy groups -OCH3 is 1. The summed E-state index contributed by atoms with van der Waals surface area (Å²) in [6, 6.07) is 12.9. The van der Waals surface area contributed by atoms with Crippen LogP contribution in [-0.2, 0) is 57.5 Å². The molecule has 1 aliphatic carbocycles. The van der Waals surface area contributed by atoms with Crippen LogP contribution < -0.4 is 21.0 Å². The van der Waals surface area contributed by atoms with Crippen molar-refractivity contribution in [2.24, 2.45) is 11.3 Å². The van der Waals surface area contributed by atoms with E-state index in [1.165, 1.54) is 9.58 Å². The summed E-state index contributed by atoms with van der Waals surface area (Å²) in [5.74, 6) is -1.05. The van der Waals surface area contributed by atoms with E-state index in [0.717, 1.165) is 61.2 Å². The number of alkyl halides is 3. The topological polar surface area (TPSA) is 185 Å². The maximum Gasteiger partial charge on any atom is 0.406 e.